The van der Waals surface area contributed by atoms with E-state index in [9.17, 15) is 4.79 Å². The number of thioether (sulfide) groups is 1. The highest BCUT2D eigenvalue weighted by atomic mass is 32.2. The molecule has 0 aliphatic heterocycles. The molecule has 1 rings (SSSR count). The van der Waals surface area contributed by atoms with Gasteiger partial charge in [-0.15, -0.1) is 0 Å². The van der Waals surface area contributed by atoms with Crippen LogP contribution < -0.4 is 5.32 Å². The molecule has 1 aliphatic rings. The van der Waals surface area contributed by atoms with Crippen molar-refractivity contribution in [3.8, 4) is 0 Å². The van der Waals surface area contributed by atoms with Crippen molar-refractivity contribution in [1.29, 1.82) is 0 Å². The number of hydrogen-bond acceptors (Lipinski definition) is 4. The lowest BCUT2D eigenvalue weighted by atomic mass is 9.86. The predicted molar refractivity (Wildman–Crippen MR) is 75.2 cm³/mol. The van der Waals surface area contributed by atoms with Gasteiger partial charge in [-0.25, -0.2) is 0 Å². The molecule has 0 bridgehead atoms. The molecule has 18 heavy (non-hydrogen) atoms. The number of rotatable bonds is 8. The van der Waals surface area contributed by atoms with Gasteiger partial charge in [0.2, 0.25) is 0 Å². The molecule has 0 aromatic heterocycles. The summed E-state index contributed by atoms with van der Waals surface area (Å²) in [5.74, 6) is -0.730. The molecule has 4 nitrogen and oxygen atoms in total. The number of carboxylic acids is 1. The van der Waals surface area contributed by atoms with Crippen molar-refractivity contribution >= 4 is 17.7 Å². The Morgan fingerprint density at radius 1 is 1.56 bits per heavy atom. The second-order valence-corrected chi connectivity index (χ2v) is 6.45. The quantitative estimate of drug-likeness (QED) is 0.709. The molecule has 3 atom stereocenters. The fourth-order valence-electron chi connectivity index (χ4n) is 2.15. The summed E-state index contributed by atoms with van der Waals surface area (Å²) in [6, 6.07) is 0.459. The average Bonchev–Trinajstić information content (AvgIpc) is 2.26. The summed E-state index contributed by atoms with van der Waals surface area (Å²) in [5.41, 5.74) is -0.648. The van der Waals surface area contributed by atoms with E-state index in [1.807, 2.05) is 18.7 Å². The Balaban J connectivity index is 2.27. The van der Waals surface area contributed by atoms with Crippen LogP contribution in [0.5, 0.6) is 0 Å². The van der Waals surface area contributed by atoms with E-state index >= 15 is 0 Å². The van der Waals surface area contributed by atoms with Gasteiger partial charge >= 0.3 is 5.97 Å². The third-order valence-electron chi connectivity index (χ3n) is 3.64. The predicted octanol–water partition coefficient (Wildman–Crippen LogP) is 1.99. The Morgan fingerprint density at radius 3 is 2.72 bits per heavy atom. The van der Waals surface area contributed by atoms with E-state index < -0.39 is 11.4 Å². The van der Waals surface area contributed by atoms with Crippen LogP contribution in [0.4, 0.5) is 0 Å². The van der Waals surface area contributed by atoms with Crippen molar-refractivity contribution < 1.29 is 14.6 Å². The smallest absolute Gasteiger partial charge is 0.309 e. The van der Waals surface area contributed by atoms with Crippen LogP contribution in [0.25, 0.3) is 0 Å². The van der Waals surface area contributed by atoms with Crippen LogP contribution in [0.3, 0.4) is 0 Å². The van der Waals surface area contributed by atoms with Crippen molar-refractivity contribution in [2.45, 2.75) is 51.0 Å². The molecule has 0 radical (unpaired) electrons. The first-order valence-electron chi connectivity index (χ1n) is 6.53. The Kier molecular flexibility index (Phi) is 5.95. The number of aliphatic carboxylic acids is 1. The van der Waals surface area contributed by atoms with Crippen molar-refractivity contribution in [2.75, 3.05) is 19.4 Å². The maximum atomic E-state index is 11.0. The molecule has 1 fully saturated rings. The Morgan fingerprint density at radius 2 is 2.22 bits per heavy atom. The molecule has 5 heteroatoms. The molecule has 3 unspecified atom stereocenters. The van der Waals surface area contributed by atoms with E-state index in [0.29, 0.717) is 23.8 Å². The second kappa shape index (κ2) is 6.78. The van der Waals surface area contributed by atoms with Crippen LogP contribution in [0.1, 0.15) is 33.6 Å². The van der Waals surface area contributed by atoms with Gasteiger partial charge in [0.15, 0.2) is 0 Å². The number of carbonyl (C=O) groups is 1. The van der Waals surface area contributed by atoms with Gasteiger partial charge < -0.3 is 15.2 Å². The molecule has 0 amide bonds. The highest BCUT2D eigenvalue weighted by molar-refractivity contribution is 7.99. The van der Waals surface area contributed by atoms with Gasteiger partial charge in [0.05, 0.1) is 11.5 Å². The molecule has 0 aromatic rings. The normalized spacial score (nSPS) is 27.9. The third kappa shape index (κ3) is 3.87. The van der Waals surface area contributed by atoms with Crippen molar-refractivity contribution in [3.63, 3.8) is 0 Å². The zero-order valence-corrected chi connectivity index (χ0v) is 12.5. The van der Waals surface area contributed by atoms with Gasteiger partial charge in [0, 0.05) is 17.9 Å². The van der Waals surface area contributed by atoms with Gasteiger partial charge in [-0.3, -0.25) is 4.79 Å². The molecule has 0 saturated heterocycles. The molecular formula is C13H25NO3S. The maximum Gasteiger partial charge on any atom is 0.309 e. The van der Waals surface area contributed by atoms with E-state index in [4.69, 9.17) is 9.84 Å². The monoisotopic (exact) mass is 275 g/mol. The molecule has 2 N–H and O–H groups in total. The first kappa shape index (κ1) is 15.8. The lowest BCUT2D eigenvalue weighted by Crippen LogP contribution is -2.57. The zero-order chi connectivity index (χ0) is 13.8. The first-order chi connectivity index (χ1) is 8.42. The zero-order valence-electron chi connectivity index (χ0n) is 11.7. The van der Waals surface area contributed by atoms with Gasteiger partial charge in [0.25, 0.3) is 0 Å². The van der Waals surface area contributed by atoms with Gasteiger partial charge in [0.1, 0.15) is 0 Å². The number of hydrogen-bond donors (Lipinski definition) is 2. The van der Waals surface area contributed by atoms with E-state index in [1.54, 1.807) is 13.8 Å². The number of carboxylic acid groups (broad SMARTS) is 1. The molecule has 1 aliphatic carbocycles. The first-order valence-corrected chi connectivity index (χ1v) is 7.82. The summed E-state index contributed by atoms with van der Waals surface area (Å²) in [7, 11) is 0. The van der Waals surface area contributed by atoms with E-state index in [0.717, 1.165) is 19.6 Å². The molecule has 0 aromatic carbocycles. The summed E-state index contributed by atoms with van der Waals surface area (Å²) >= 11 is 1.83. The fraction of sp³-hybridized carbons (Fsp3) is 0.923. The standard InChI is InChI=1S/C13H25NO3S/c1-5-17-10-8-9(11(10)18-4)14-7-6-13(2,3)12(15)16/h9-11,14H,5-8H2,1-4H3,(H,15,16). The lowest BCUT2D eigenvalue weighted by Gasteiger charge is -2.44. The Hall–Kier alpha value is -0.260. The Bertz CT molecular complexity index is 283. The van der Waals surface area contributed by atoms with Gasteiger partial charge in [-0.2, -0.15) is 11.8 Å². The third-order valence-corrected chi connectivity index (χ3v) is 4.81. The van der Waals surface area contributed by atoms with Crippen molar-refractivity contribution in [1.82, 2.24) is 5.32 Å². The van der Waals surface area contributed by atoms with Crippen LogP contribution in [-0.2, 0) is 9.53 Å². The van der Waals surface area contributed by atoms with Crippen LogP contribution in [-0.4, -0.2) is 47.9 Å². The molecular weight excluding hydrogens is 250 g/mol. The molecule has 0 spiro atoms. The largest absolute Gasteiger partial charge is 0.481 e. The van der Waals surface area contributed by atoms with Gasteiger partial charge in [-0.1, -0.05) is 0 Å². The highest BCUT2D eigenvalue weighted by Crippen LogP contribution is 2.33. The SMILES string of the molecule is CCOC1CC(NCCC(C)(C)C(=O)O)C1SC. The summed E-state index contributed by atoms with van der Waals surface area (Å²) in [6.07, 6.45) is 4.15. The van der Waals surface area contributed by atoms with E-state index in [1.165, 1.54) is 0 Å². The van der Waals surface area contributed by atoms with Crippen LogP contribution in [0.15, 0.2) is 0 Å². The van der Waals surface area contributed by atoms with Crippen LogP contribution in [0.2, 0.25) is 0 Å². The van der Waals surface area contributed by atoms with E-state index in [-0.39, 0.29) is 0 Å². The molecule has 106 valence electrons. The fourth-order valence-corrected chi connectivity index (χ4v) is 3.18. The van der Waals surface area contributed by atoms with Crippen molar-refractivity contribution in [2.24, 2.45) is 5.41 Å². The maximum absolute atomic E-state index is 11.0. The minimum absolute atomic E-state index is 0.356. The van der Waals surface area contributed by atoms with Crippen LogP contribution in [0, 0.1) is 5.41 Å². The van der Waals surface area contributed by atoms with Crippen LogP contribution >= 0.6 is 11.8 Å². The Labute approximate surface area is 114 Å². The molecule has 1 saturated carbocycles. The summed E-state index contributed by atoms with van der Waals surface area (Å²) in [4.78, 5) is 11.0. The summed E-state index contributed by atoms with van der Waals surface area (Å²) in [6.45, 7) is 7.08. The minimum atomic E-state index is -0.730. The van der Waals surface area contributed by atoms with Crippen molar-refractivity contribution in [3.05, 3.63) is 0 Å². The topological polar surface area (TPSA) is 58.6 Å². The number of ether oxygens (including phenoxy) is 1. The van der Waals surface area contributed by atoms with Gasteiger partial charge in [-0.05, 0) is 46.4 Å². The minimum Gasteiger partial charge on any atom is -0.481 e. The number of nitrogens with one attached hydrogen (secondary N) is 1. The summed E-state index contributed by atoms with van der Waals surface area (Å²) < 4.78 is 5.64. The molecule has 0 heterocycles. The highest BCUT2D eigenvalue weighted by Gasteiger charge is 2.41. The second-order valence-electron chi connectivity index (χ2n) is 5.43. The summed E-state index contributed by atoms with van der Waals surface area (Å²) in [5, 5.41) is 13.0. The lowest BCUT2D eigenvalue weighted by molar-refractivity contribution is -0.147. The average molecular weight is 275 g/mol. The van der Waals surface area contributed by atoms with E-state index in [2.05, 4.69) is 11.6 Å².